The Morgan fingerprint density at radius 1 is 1.37 bits per heavy atom. The summed E-state index contributed by atoms with van der Waals surface area (Å²) in [5, 5.41) is 2.87. The van der Waals surface area contributed by atoms with Gasteiger partial charge in [0.1, 0.15) is 0 Å². The van der Waals surface area contributed by atoms with Gasteiger partial charge in [0.2, 0.25) is 5.91 Å². The van der Waals surface area contributed by atoms with E-state index in [9.17, 15) is 4.79 Å². The van der Waals surface area contributed by atoms with Gasteiger partial charge in [0.25, 0.3) is 0 Å². The van der Waals surface area contributed by atoms with E-state index in [4.69, 9.17) is 5.73 Å². The molecule has 19 heavy (non-hydrogen) atoms. The highest BCUT2D eigenvalue weighted by molar-refractivity contribution is 5.91. The van der Waals surface area contributed by atoms with Gasteiger partial charge in [-0.1, -0.05) is 19.9 Å². The lowest BCUT2D eigenvalue weighted by molar-refractivity contribution is -0.116. The molecule has 0 atom stereocenters. The van der Waals surface area contributed by atoms with Crippen LogP contribution in [0.3, 0.4) is 0 Å². The van der Waals surface area contributed by atoms with Gasteiger partial charge in [-0.25, -0.2) is 0 Å². The number of nitrogens with one attached hydrogen (secondary N) is 1. The summed E-state index contributed by atoms with van der Waals surface area (Å²) in [5.41, 5.74) is 7.09. The van der Waals surface area contributed by atoms with Gasteiger partial charge in [0, 0.05) is 30.4 Å². The highest BCUT2D eigenvalue weighted by atomic mass is 16.1. The fourth-order valence-electron chi connectivity index (χ4n) is 2.21. The van der Waals surface area contributed by atoms with Crippen molar-refractivity contribution >= 4 is 17.3 Å². The zero-order chi connectivity index (χ0) is 14.3. The van der Waals surface area contributed by atoms with Crippen LogP contribution in [-0.2, 0) is 4.79 Å². The molecule has 0 aliphatic carbocycles. The largest absolute Gasteiger partial charge is 0.399 e. The molecule has 3 N–H and O–H groups in total. The molecule has 0 unspecified atom stereocenters. The molecule has 4 heteroatoms. The number of rotatable bonds is 7. The van der Waals surface area contributed by atoms with Gasteiger partial charge >= 0.3 is 0 Å². The summed E-state index contributed by atoms with van der Waals surface area (Å²) in [4.78, 5) is 14.1. The van der Waals surface area contributed by atoms with E-state index in [0.29, 0.717) is 18.2 Å². The molecule has 1 aromatic rings. The molecule has 4 nitrogen and oxygen atoms in total. The Bertz CT molecular complexity index is 402. The van der Waals surface area contributed by atoms with E-state index in [1.807, 2.05) is 12.1 Å². The lowest BCUT2D eigenvalue weighted by Gasteiger charge is -2.25. The Morgan fingerprint density at radius 3 is 2.63 bits per heavy atom. The first kappa shape index (κ1) is 15.5. The number of hydrogen-bond acceptors (Lipinski definition) is 3. The molecule has 0 aliphatic rings. The molecule has 0 bridgehead atoms. The lowest BCUT2D eigenvalue weighted by atomic mass is 10.1. The Morgan fingerprint density at radius 2 is 2.05 bits per heavy atom. The number of hydrogen-bond donors (Lipinski definition) is 2. The van der Waals surface area contributed by atoms with Crippen LogP contribution < -0.4 is 11.1 Å². The summed E-state index contributed by atoms with van der Waals surface area (Å²) in [5.74, 6) is 0.0309. The minimum atomic E-state index is 0.0309. The molecule has 0 saturated heterocycles. The van der Waals surface area contributed by atoms with Gasteiger partial charge in [0.05, 0.1) is 0 Å². The fourth-order valence-corrected chi connectivity index (χ4v) is 2.21. The van der Waals surface area contributed by atoms with Gasteiger partial charge in [-0.3, -0.25) is 4.79 Å². The normalized spacial score (nSPS) is 11.0. The molecule has 1 aromatic carbocycles. The molecule has 0 radical (unpaired) electrons. The molecular formula is C15H25N3O. The van der Waals surface area contributed by atoms with Gasteiger partial charge in [0.15, 0.2) is 0 Å². The average Bonchev–Trinajstić information content (AvgIpc) is 2.38. The number of amides is 1. The second-order valence-corrected chi connectivity index (χ2v) is 4.87. The van der Waals surface area contributed by atoms with Crippen LogP contribution in [0, 0.1) is 0 Å². The van der Waals surface area contributed by atoms with Crippen LogP contribution in [0.15, 0.2) is 24.3 Å². The van der Waals surface area contributed by atoms with Crippen molar-refractivity contribution in [1.82, 2.24) is 4.90 Å². The summed E-state index contributed by atoms with van der Waals surface area (Å²) in [6.45, 7) is 5.13. The minimum Gasteiger partial charge on any atom is -0.399 e. The zero-order valence-electron chi connectivity index (χ0n) is 12.1. The van der Waals surface area contributed by atoms with Crippen LogP contribution in [0.5, 0.6) is 0 Å². The Labute approximate surface area is 116 Å². The summed E-state index contributed by atoms with van der Waals surface area (Å²) in [6, 6.07) is 7.80. The predicted octanol–water partition coefficient (Wildman–Crippen LogP) is 2.72. The molecule has 0 aliphatic heterocycles. The first-order valence-corrected chi connectivity index (χ1v) is 6.92. The molecule has 1 rings (SSSR count). The van der Waals surface area contributed by atoms with Crippen molar-refractivity contribution in [3.63, 3.8) is 0 Å². The quantitative estimate of drug-likeness (QED) is 0.744. The van der Waals surface area contributed by atoms with Crippen molar-refractivity contribution in [1.29, 1.82) is 0 Å². The highest BCUT2D eigenvalue weighted by Gasteiger charge is 2.11. The maximum Gasteiger partial charge on any atom is 0.225 e. The number of carbonyl (C=O) groups excluding carboxylic acids is 1. The van der Waals surface area contributed by atoms with Crippen molar-refractivity contribution < 1.29 is 4.79 Å². The summed E-state index contributed by atoms with van der Waals surface area (Å²) in [6.07, 6.45) is 2.73. The first-order chi connectivity index (χ1) is 9.06. The highest BCUT2D eigenvalue weighted by Crippen LogP contribution is 2.12. The number of carbonyl (C=O) groups is 1. The van der Waals surface area contributed by atoms with E-state index < -0.39 is 0 Å². The van der Waals surface area contributed by atoms with E-state index in [1.54, 1.807) is 12.1 Å². The fraction of sp³-hybridized carbons (Fsp3) is 0.533. The van der Waals surface area contributed by atoms with E-state index in [0.717, 1.165) is 25.1 Å². The second-order valence-electron chi connectivity index (χ2n) is 4.87. The first-order valence-electron chi connectivity index (χ1n) is 6.92. The Kier molecular flexibility index (Phi) is 6.36. The van der Waals surface area contributed by atoms with Crippen molar-refractivity contribution in [2.45, 2.75) is 39.2 Å². The van der Waals surface area contributed by atoms with Crippen molar-refractivity contribution in [3.05, 3.63) is 24.3 Å². The van der Waals surface area contributed by atoms with Gasteiger partial charge in [-0.05, 0) is 38.1 Å². The molecule has 0 heterocycles. The molecule has 0 saturated carbocycles. The van der Waals surface area contributed by atoms with Crippen LogP contribution in [0.2, 0.25) is 0 Å². The summed E-state index contributed by atoms with van der Waals surface area (Å²) >= 11 is 0. The standard InChI is InChI=1S/C15H25N3O/c1-4-14(5-2)18(3)10-9-15(19)17-13-8-6-7-12(16)11-13/h6-8,11,14H,4-5,9-10,16H2,1-3H3,(H,17,19). The second kappa shape index (κ2) is 7.79. The van der Waals surface area contributed by atoms with Crippen LogP contribution in [-0.4, -0.2) is 30.4 Å². The molecule has 1 amide bonds. The van der Waals surface area contributed by atoms with E-state index in [-0.39, 0.29) is 5.91 Å². The van der Waals surface area contributed by atoms with Gasteiger partial charge < -0.3 is 16.0 Å². The van der Waals surface area contributed by atoms with Crippen LogP contribution >= 0.6 is 0 Å². The number of nitrogen functional groups attached to an aromatic ring is 1. The molecule has 0 aromatic heterocycles. The molecular weight excluding hydrogens is 238 g/mol. The average molecular weight is 263 g/mol. The minimum absolute atomic E-state index is 0.0309. The van der Waals surface area contributed by atoms with E-state index >= 15 is 0 Å². The van der Waals surface area contributed by atoms with Crippen molar-refractivity contribution in [3.8, 4) is 0 Å². The third-order valence-electron chi connectivity index (χ3n) is 3.43. The number of anilines is 2. The van der Waals surface area contributed by atoms with Crippen LogP contribution in [0.1, 0.15) is 33.1 Å². The monoisotopic (exact) mass is 263 g/mol. The van der Waals surface area contributed by atoms with E-state index in [2.05, 4.69) is 31.1 Å². The third-order valence-corrected chi connectivity index (χ3v) is 3.43. The van der Waals surface area contributed by atoms with Crippen molar-refractivity contribution in [2.75, 3.05) is 24.6 Å². The van der Waals surface area contributed by atoms with Gasteiger partial charge in [-0.2, -0.15) is 0 Å². The summed E-state index contributed by atoms with van der Waals surface area (Å²) in [7, 11) is 2.07. The smallest absolute Gasteiger partial charge is 0.225 e. The SMILES string of the molecule is CCC(CC)N(C)CCC(=O)Nc1cccc(N)c1. The maximum atomic E-state index is 11.8. The van der Waals surface area contributed by atoms with Crippen LogP contribution in [0.4, 0.5) is 11.4 Å². The number of nitrogens with zero attached hydrogens (tertiary/aromatic N) is 1. The Balaban J connectivity index is 2.39. The number of nitrogens with two attached hydrogens (primary N) is 1. The number of benzene rings is 1. The maximum absolute atomic E-state index is 11.8. The zero-order valence-corrected chi connectivity index (χ0v) is 12.1. The molecule has 106 valence electrons. The Hall–Kier alpha value is -1.55. The van der Waals surface area contributed by atoms with Gasteiger partial charge in [-0.15, -0.1) is 0 Å². The topological polar surface area (TPSA) is 58.4 Å². The summed E-state index contributed by atoms with van der Waals surface area (Å²) < 4.78 is 0. The lowest BCUT2D eigenvalue weighted by Crippen LogP contribution is -2.33. The van der Waals surface area contributed by atoms with E-state index in [1.165, 1.54) is 0 Å². The molecule has 0 spiro atoms. The molecule has 0 fully saturated rings. The third kappa shape index (κ3) is 5.30. The predicted molar refractivity (Wildman–Crippen MR) is 81.1 cm³/mol. The van der Waals surface area contributed by atoms with Crippen LogP contribution in [0.25, 0.3) is 0 Å². The van der Waals surface area contributed by atoms with Crippen molar-refractivity contribution in [2.24, 2.45) is 0 Å².